The molecule has 2 aromatic heterocycles. The molecule has 6 nitrogen and oxygen atoms in total. The molecule has 2 aliphatic carbocycles. The molecule has 1 N–H and O–H groups in total. The molecule has 2 aromatic rings. The van der Waals surface area contributed by atoms with E-state index in [9.17, 15) is 4.79 Å². The lowest BCUT2D eigenvalue weighted by Crippen LogP contribution is -2.34. The van der Waals surface area contributed by atoms with Gasteiger partial charge in [-0.3, -0.25) is 9.20 Å². The number of aromatic nitrogens is 4. The summed E-state index contributed by atoms with van der Waals surface area (Å²) in [5.41, 5.74) is 1.08. The van der Waals surface area contributed by atoms with Gasteiger partial charge in [0.1, 0.15) is 12.0 Å². The van der Waals surface area contributed by atoms with Crippen molar-refractivity contribution in [2.75, 3.05) is 0 Å². The van der Waals surface area contributed by atoms with Gasteiger partial charge in [-0.2, -0.15) is 0 Å². The summed E-state index contributed by atoms with van der Waals surface area (Å²) in [6.07, 6.45) is 11.1. The number of hydrogen-bond donors (Lipinski definition) is 1. The van der Waals surface area contributed by atoms with E-state index in [-0.39, 0.29) is 5.91 Å². The van der Waals surface area contributed by atoms with E-state index >= 15 is 0 Å². The Morgan fingerprint density at radius 1 is 1.30 bits per heavy atom. The lowest BCUT2D eigenvalue weighted by molar-refractivity contribution is 0.0930. The molecule has 0 radical (unpaired) electrons. The molecular formula is C14H17N5O. The van der Waals surface area contributed by atoms with Crippen molar-refractivity contribution in [3.05, 3.63) is 24.4 Å². The highest BCUT2D eigenvalue weighted by Crippen LogP contribution is 2.43. The Balaban J connectivity index is 1.47. The molecule has 6 heteroatoms. The van der Waals surface area contributed by atoms with Gasteiger partial charge in [-0.1, -0.05) is 19.3 Å². The molecule has 0 aromatic carbocycles. The molecule has 0 saturated heterocycles. The van der Waals surface area contributed by atoms with E-state index < -0.39 is 0 Å². The summed E-state index contributed by atoms with van der Waals surface area (Å²) in [5.74, 6) is 1.56. The van der Waals surface area contributed by atoms with Gasteiger partial charge in [0.2, 0.25) is 0 Å². The summed E-state index contributed by atoms with van der Waals surface area (Å²) >= 11 is 0. The Bertz CT molecular complexity index is 640. The number of nitrogens with one attached hydrogen (secondary N) is 1. The highest BCUT2D eigenvalue weighted by Gasteiger charge is 2.37. The predicted molar refractivity (Wildman–Crippen MR) is 72.1 cm³/mol. The molecule has 0 aliphatic heterocycles. The topological polar surface area (TPSA) is 72.2 Å². The van der Waals surface area contributed by atoms with Crippen LogP contribution < -0.4 is 5.32 Å². The van der Waals surface area contributed by atoms with Gasteiger partial charge in [-0.05, 0) is 24.7 Å². The smallest absolute Gasteiger partial charge is 0.271 e. The summed E-state index contributed by atoms with van der Waals surface area (Å²) in [6, 6.07) is 0.316. The Morgan fingerprint density at radius 2 is 2.10 bits per heavy atom. The Labute approximate surface area is 116 Å². The summed E-state index contributed by atoms with van der Waals surface area (Å²) in [4.78, 5) is 16.4. The molecule has 104 valence electrons. The number of rotatable bonds is 2. The summed E-state index contributed by atoms with van der Waals surface area (Å²) in [7, 11) is 0. The van der Waals surface area contributed by atoms with E-state index in [0.717, 1.165) is 24.7 Å². The summed E-state index contributed by atoms with van der Waals surface area (Å²) in [5, 5.41) is 10.8. The zero-order chi connectivity index (χ0) is 13.5. The summed E-state index contributed by atoms with van der Waals surface area (Å²) in [6.45, 7) is 0. The third kappa shape index (κ3) is 1.95. The van der Waals surface area contributed by atoms with Crippen LogP contribution in [0.25, 0.3) is 5.65 Å². The first-order valence-electron chi connectivity index (χ1n) is 7.26. The normalized spacial score (nSPS) is 28.7. The average molecular weight is 271 g/mol. The molecule has 2 unspecified atom stereocenters. The van der Waals surface area contributed by atoms with E-state index in [4.69, 9.17) is 0 Å². The SMILES string of the molecule is O=C(NC1CC2CCCC2C1)c1cn2cnnc2cn1. The summed E-state index contributed by atoms with van der Waals surface area (Å²) < 4.78 is 1.71. The van der Waals surface area contributed by atoms with Crippen molar-refractivity contribution in [2.45, 2.75) is 38.1 Å². The zero-order valence-corrected chi connectivity index (χ0v) is 11.2. The molecule has 2 atom stereocenters. The molecular weight excluding hydrogens is 254 g/mol. The second kappa shape index (κ2) is 4.54. The number of carbonyl (C=O) groups is 1. The molecule has 4 rings (SSSR count). The van der Waals surface area contributed by atoms with Crippen LogP contribution in [-0.2, 0) is 0 Å². The second-order valence-electron chi connectivity index (χ2n) is 5.96. The van der Waals surface area contributed by atoms with Crippen molar-refractivity contribution in [3.8, 4) is 0 Å². The lowest BCUT2D eigenvalue weighted by atomic mass is 10.0. The van der Waals surface area contributed by atoms with Gasteiger partial charge in [-0.15, -0.1) is 10.2 Å². The fraction of sp³-hybridized carbons (Fsp3) is 0.571. The molecule has 2 heterocycles. The van der Waals surface area contributed by atoms with Gasteiger partial charge in [0.15, 0.2) is 5.65 Å². The largest absolute Gasteiger partial charge is 0.348 e. The zero-order valence-electron chi connectivity index (χ0n) is 11.2. The Morgan fingerprint density at radius 3 is 2.90 bits per heavy atom. The monoisotopic (exact) mass is 271 g/mol. The van der Waals surface area contributed by atoms with Crippen LogP contribution in [0, 0.1) is 11.8 Å². The second-order valence-corrected chi connectivity index (χ2v) is 5.96. The van der Waals surface area contributed by atoms with Crippen molar-refractivity contribution < 1.29 is 4.79 Å². The van der Waals surface area contributed by atoms with Crippen LogP contribution in [0.15, 0.2) is 18.7 Å². The average Bonchev–Trinajstić information content (AvgIpc) is 3.11. The fourth-order valence-corrected chi connectivity index (χ4v) is 3.79. The predicted octanol–water partition coefficient (Wildman–Crippen LogP) is 1.43. The highest BCUT2D eigenvalue weighted by atomic mass is 16.1. The maximum absolute atomic E-state index is 12.3. The standard InChI is InChI=1S/C14H17N5O/c20-14(12-7-19-8-16-18-13(19)6-15-12)17-11-4-9-2-1-3-10(9)5-11/h6-11H,1-5H2,(H,17,20). The van der Waals surface area contributed by atoms with Gasteiger partial charge < -0.3 is 5.32 Å². The third-order valence-corrected chi connectivity index (χ3v) is 4.74. The van der Waals surface area contributed by atoms with Crippen LogP contribution in [0.5, 0.6) is 0 Å². The van der Waals surface area contributed by atoms with Crippen LogP contribution in [0.4, 0.5) is 0 Å². The van der Waals surface area contributed by atoms with Crippen molar-refractivity contribution in [1.29, 1.82) is 0 Å². The first-order valence-corrected chi connectivity index (χ1v) is 7.26. The minimum Gasteiger partial charge on any atom is -0.348 e. The minimum atomic E-state index is -0.0921. The van der Waals surface area contributed by atoms with E-state index in [1.54, 1.807) is 23.1 Å². The van der Waals surface area contributed by atoms with Gasteiger partial charge in [0.25, 0.3) is 5.91 Å². The van der Waals surface area contributed by atoms with Crippen LogP contribution >= 0.6 is 0 Å². The van der Waals surface area contributed by atoms with Crippen molar-refractivity contribution in [2.24, 2.45) is 11.8 Å². The quantitative estimate of drug-likeness (QED) is 0.897. The van der Waals surface area contributed by atoms with Crippen LogP contribution in [-0.4, -0.2) is 31.5 Å². The van der Waals surface area contributed by atoms with Crippen LogP contribution in [0.2, 0.25) is 0 Å². The first-order chi connectivity index (χ1) is 9.79. The van der Waals surface area contributed by atoms with Gasteiger partial charge in [0.05, 0.1) is 6.20 Å². The Hall–Kier alpha value is -1.98. The van der Waals surface area contributed by atoms with Crippen LogP contribution in [0.3, 0.4) is 0 Å². The third-order valence-electron chi connectivity index (χ3n) is 4.74. The van der Waals surface area contributed by atoms with Gasteiger partial charge in [0, 0.05) is 12.2 Å². The maximum Gasteiger partial charge on any atom is 0.271 e. The van der Waals surface area contributed by atoms with Crippen molar-refractivity contribution in [3.63, 3.8) is 0 Å². The molecule has 2 saturated carbocycles. The number of fused-ring (bicyclic) bond motifs is 2. The van der Waals surface area contributed by atoms with E-state index in [1.165, 1.54) is 19.3 Å². The van der Waals surface area contributed by atoms with Gasteiger partial charge >= 0.3 is 0 Å². The van der Waals surface area contributed by atoms with Crippen LogP contribution in [0.1, 0.15) is 42.6 Å². The highest BCUT2D eigenvalue weighted by molar-refractivity contribution is 5.92. The molecule has 20 heavy (non-hydrogen) atoms. The molecule has 0 spiro atoms. The van der Waals surface area contributed by atoms with E-state index in [0.29, 0.717) is 17.4 Å². The number of amides is 1. The first kappa shape index (κ1) is 11.8. The number of carbonyl (C=O) groups excluding carboxylic acids is 1. The molecule has 2 aliphatic rings. The maximum atomic E-state index is 12.3. The van der Waals surface area contributed by atoms with E-state index in [1.807, 2.05) is 0 Å². The molecule has 1 amide bonds. The number of hydrogen-bond acceptors (Lipinski definition) is 4. The van der Waals surface area contributed by atoms with Crippen molar-refractivity contribution >= 4 is 11.6 Å². The molecule has 0 bridgehead atoms. The number of nitrogens with zero attached hydrogens (tertiary/aromatic N) is 4. The van der Waals surface area contributed by atoms with Crippen molar-refractivity contribution in [1.82, 2.24) is 24.9 Å². The van der Waals surface area contributed by atoms with Gasteiger partial charge in [-0.25, -0.2) is 4.98 Å². The molecule has 2 fully saturated rings. The van der Waals surface area contributed by atoms with E-state index in [2.05, 4.69) is 20.5 Å². The lowest BCUT2D eigenvalue weighted by Gasteiger charge is -2.13. The minimum absolute atomic E-state index is 0.0921. The Kier molecular flexibility index (Phi) is 2.68. The fourth-order valence-electron chi connectivity index (χ4n) is 3.79.